The third kappa shape index (κ3) is 5.00. The van der Waals surface area contributed by atoms with Gasteiger partial charge in [-0.3, -0.25) is 9.52 Å². The molecule has 8 nitrogen and oxygen atoms in total. The number of rotatable bonds is 6. The molecule has 0 saturated heterocycles. The Balaban J connectivity index is 1.84. The van der Waals surface area contributed by atoms with E-state index in [1.54, 1.807) is 12.1 Å². The number of hydrogen-bond donors (Lipinski definition) is 3. The molecule has 0 unspecified atom stereocenters. The largest absolute Gasteiger partial charge is 0.322 e. The zero-order valence-electron chi connectivity index (χ0n) is 15.2. The molecule has 1 amide bonds. The first-order chi connectivity index (χ1) is 14.1. The molecule has 30 heavy (non-hydrogen) atoms. The molecule has 0 bridgehead atoms. The van der Waals surface area contributed by atoms with E-state index in [2.05, 4.69) is 10.0 Å². The molecular weight excluding hydrogens is 433 g/mol. The number of hydrogen-bond acceptors (Lipinski definition) is 5. The van der Waals surface area contributed by atoms with E-state index in [1.807, 2.05) is 0 Å². The molecule has 0 heterocycles. The lowest BCUT2D eigenvalue weighted by Crippen LogP contribution is -2.18. The fraction of sp³-hybridized carbons (Fsp3) is 0. The molecule has 11 heteroatoms. The average Bonchev–Trinajstić information content (AvgIpc) is 2.68. The monoisotopic (exact) mass is 449 g/mol. The summed E-state index contributed by atoms with van der Waals surface area (Å²) in [6.45, 7) is 0. The summed E-state index contributed by atoms with van der Waals surface area (Å²) in [6.07, 6.45) is 0. The summed E-state index contributed by atoms with van der Waals surface area (Å²) in [5.74, 6) is -1.21. The molecule has 156 valence electrons. The second-order valence-corrected chi connectivity index (χ2v) is 9.37. The Morgan fingerprint density at radius 2 is 1.37 bits per heavy atom. The number of carbonyl (C=O) groups is 1. The molecule has 3 aromatic rings. The van der Waals surface area contributed by atoms with Gasteiger partial charge < -0.3 is 5.32 Å². The molecular formula is C19H16FN3O5S2. The van der Waals surface area contributed by atoms with Gasteiger partial charge in [0.05, 0.1) is 21.0 Å². The lowest BCUT2D eigenvalue weighted by Gasteiger charge is -2.13. The number of carbonyl (C=O) groups excluding carboxylic acids is 1. The van der Waals surface area contributed by atoms with Gasteiger partial charge in [0.1, 0.15) is 5.82 Å². The van der Waals surface area contributed by atoms with Gasteiger partial charge in [-0.1, -0.05) is 12.1 Å². The van der Waals surface area contributed by atoms with E-state index < -0.39 is 31.8 Å². The van der Waals surface area contributed by atoms with Crippen LogP contribution in [0.2, 0.25) is 0 Å². The van der Waals surface area contributed by atoms with Crippen LogP contribution in [-0.2, 0) is 20.0 Å². The van der Waals surface area contributed by atoms with E-state index in [1.165, 1.54) is 36.4 Å². The Morgan fingerprint density at radius 1 is 0.800 bits per heavy atom. The van der Waals surface area contributed by atoms with Crippen molar-refractivity contribution in [2.24, 2.45) is 5.14 Å². The van der Waals surface area contributed by atoms with E-state index in [9.17, 15) is 26.0 Å². The maximum absolute atomic E-state index is 13.1. The summed E-state index contributed by atoms with van der Waals surface area (Å²) >= 11 is 0. The Labute approximate surface area is 172 Å². The highest BCUT2D eigenvalue weighted by molar-refractivity contribution is 7.92. The summed E-state index contributed by atoms with van der Waals surface area (Å²) in [4.78, 5) is 12.4. The topological polar surface area (TPSA) is 135 Å². The molecule has 0 radical (unpaired) electrons. The van der Waals surface area contributed by atoms with Crippen LogP contribution in [-0.4, -0.2) is 22.7 Å². The fourth-order valence-corrected chi connectivity index (χ4v) is 4.11. The first-order valence-corrected chi connectivity index (χ1v) is 11.4. The summed E-state index contributed by atoms with van der Waals surface area (Å²) < 4.78 is 63.1. The van der Waals surface area contributed by atoms with Gasteiger partial charge in [0, 0.05) is 5.69 Å². The molecule has 0 aliphatic heterocycles. The second-order valence-electron chi connectivity index (χ2n) is 6.13. The van der Waals surface area contributed by atoms with Crippen LogP contribution >= 0.6 is 0 Å². The van der Waals surface area contributed by atoms with E-state index in [0.29, 0.717) is 0 Å². The van der Waals surface area contributed by atoms with Crippen molar-refractivity contribution in [3.63, 3.8) is 0 Å². The minimum atomic E-state index is -4.06. The first kappa shape index (κ1) is 21.4. The Kier molecular flexibility index (Phi) is 5.87. The summed E-state index contributed by atoms with van der Waals surface area (Å²) in [5, 5.41) is 7.58. The molecule has 0 aromatic heterocycles. The van der Waals surface area contributed by atoms with Crippen molar-refractivity contribution in [1.29, 1.82) is 0 Å². The third-order valence-electron chi connectivity index (χ3n) is 3.98. The standard InChI is InChI=1S/C19H16FN3O5S2/c20-13-5-9-16(10-6-13)30(27,28)23-18-4-2-1-3-17(18)19(24)22-14-7-11-15(12-8-14)29(21,25)26/h1-12,23H,(H,22,24)(H2,21,25,26). The molecule has 0 atom stereocenters. The van der Waals surface area contributed by atoms with Crippen molar-refractivity contribution in [3.8, 4) is 0 Å². The van der Waals surface area contributed by atoms with Crippen molar-refractivity contribution in [2.45, 2.75) is 9.79 Å². The molecule has 4 N–H and O–H groups in total. The lowest BCUT2D eigenvalue weighted by molar-refractivity contribution is 0.102. The van der Waals surface area contributed by atoms with Crippen LogP contribution in [0.3, 0.4) is 0 Å². The maximum Gasteiger partial charge on any atom is 0.261 e. The zero-order valence-corrected chi connectivity index (χ0v) is 16.9. The number of para-hydroxylation sites is 1. The van der Waals surface area contributed by atoms with Crippen LogP contribution in [0.5, 0.6) is 0 Å². The average molecular weight is 449 g/mol. The molecule has 0 spiro atoms. The van der Waals surface area contributed by atoms with Crippen LogP contribution in [0.4, 0.5) is 15.8 Å². The van der Waals surface area contributed by atoms with Crippen LogP contribution in [0.25, 0.3) is 0 Å². The second kappa shape index (κ2) is 8.22. The highest BCUT2D eigenvalue weighted by Crippen LogP contribution is 2.22. The van der Waals surface area contributed by atoms with Crippen molar-refractivity contribution in [1.82, 2.24) is 0 Å². The number of nitrogens with two attached hydrogens (primary N) is 1. The van der Waals surface area contributed by atoms with Gasteiger partial charge in [-0.15, -0.1) is 0 Å². The fourth-order valence-electron chi connectivity index (χ4n) is 2.51. The van der Waals surface area contributed by atoms with E-state index >= 15 is 0 Å². The number of benzene rings is 3. The lowest BCUT2D eigenvalue weighted by atomic mass is 10.1. The predicted molar refractivity (Wildman–Crippen MR) is 109 cm³/mol. The number of anilines is 2. The van der Waals surface area contributed by atoms with Gasteiger partial charge >= 0.3 is 0 Å². The minimum Gasteiger partial charge on any atom is -0.322 e. The summed E-state index contributed by atoms with van der Waals surface area (Å²) in [6, 6.07) is 15.3. The van der Waals surface area contributed by atoms with Crippen molar-refractivity contribution >= 4 is 37.3 Å². The van der Waals surface area contributed by atoms with Crippen LogP contribution in [0, 0.1) is 5.82 Å². The summed E-state index contributed by atoms with van der Waals surface area (Å²) in [7, 11) is -7.93. The highest BCUT2D eigenvalue weighted by atomic mass is 32.2. The Bertz CT molecular complexity index is 1290. The number of sulfonamides is 2. The molecule has 3 rings (SSSR count). The number of amides is 1. The van der Waals surface area contributed by atoms with Gasteiger partial charge in [0.15, 0.2) is 0 Å². The van der Waals surface area contributed by atoms with Crippen molar-refractivity contribution < 1.29 is 26.0 Å². The number of halogens is 1. The normalized spacial score (nSPS) is 11.7. The van der Waals surface area contributed by atoms with Gasteiger partial charge in [-0.05, 0) is 60.7 Å². The smallest absolute Gasteiger partial charge is 0.261 e. The van der Waals surface area contributed by atoms with Crippen LogP contribution < -0.4 is 15.2 Å². The summed E-state index contributed by atoms with van der Waals surface area (Å²) in [5.41, 5.74) is 0.322. The highest BCUT2D eigenvalue weighted by Gasteiger charge is 2.19. The Hall–Kier alpha value is -3.28. The first-order valence-electron chi connectivity index (χ1n) is 8.38. The van der Waals surface area contributed by atoms with Crippen LogP contribution in [0.15, 0.2) is 82.6 Å². The number of nitrogens with one attached hydrogen (secondary N) is 2. The maximum atomic E-state index is 13.1. The predicted octanol–water partition coefficient (Wildman–Crippen LogP) is 2.53. The van der Waals surface area contributed by atoms with E-state index in [0.717, 1.165) is 24.3 Å². The van der Waals surface area contributed by atoms with Gasteiger partial charge in [0.25, 0.3) is 15.9 Å². The Morgan fingerprint density at radius 3 is 1.97 bits per heavy atom. The SMILES string of the molecule is NS(=O)(=O)c1ccc(NC(=O)c2ccccc2NS(=O)(=O)c2ccc(F)cc2)cc1. The van der Waals surface area contributed by atoms with Crippen LogP contribution in [0.1, 0.15) is 10.4 Å². The van der Waals surface area contributed by atoms with Gasteiger partial charge in [-0.2, -0.15) is 0 Å². The molecule has 0 fully saturated rings. The minimum absolute atomic E-state index is 0.0143. The molecule has 0 saturated carbocycles. The van der Waals surface area contributed by atoms with Gasteiger partial charge in [-0.25, -0.2) is 26.4 Å². The van der Waals surface area contributed by atoms with Crippen molar-refractivity contribution in [3.05, 3.63) is 84.2 Å². The number of primary sulfonamides is 1. The van der Waals surface area contributed by atoms with Gasteiger partial charge in [0.2, 0.25) is 10.0 Å². The zero-order chi connectivity index (χ0) is 21.9. The molecule has 0 aliphatic rings. The third-order valence-corrected chi connectivity index (χ3v) is 6.29. The molecule has 0 aliphatic carbocycles. The molecule has 3 aromatic carbocycles. The van der Waals surface area contributed by atoms with E-state index in [4.69, 9.17) is 5.14 Å². The van der Waals surface area contributed by atoms with Crippen molar-refractivity contribution in [2.75, 3.05) is 10.0 Å². The van der Waals surface area contributed by atoms with E-state index in [-0.39, 0.29) is 26.7 Å². The quantitative estimate of drug-likeness (QED) is 0.531.